The van der Waals surface area contributed by atoms with Gasteiger partial charge in [-0.15, -0.1) is 11.8 Å². The molecule has 30 heavy (non-hydrogen) atoms. The molecule has 6 nitrogen and oxygen atoms in total. The monoisotopic (exact) mass is 467 g/mol. The standard InChI is InChI=1S/C21H26ClN3O3S2/c1-13-8-9-17(16(22)10-13)25(15-6-4-5-7-15)21(28)24(3)20-23-11-18(30-20)29-12-14(2)19(26)27/h8-11,14-15H,4-7,12H2,1-3H3,(H,26,27). The molecule has 0 radical (unpaired) electrons. The maximum Gasteiger partial charge on any atom is 0.330 e. The fourth-order valence-corrected chi connectivity index (χ4v) is 5.70. The average molecular weight is 468 g/mol. The summed E-state index contributed by atoms with van der Waals surface area (Å²) in [6.07, 6.45) is 5.80. The summed E-state index contributed by atoms with van der Waals surface area (Å²) in [6.45, 7) is 3.65. The highest BCUT2D eigenvalue weighted by molar-refractivity contribution is 8.01. The van der Waals surface area contributed by atoms with Crippen molar-refractivity contribution in [3.8, 4) is 0 Å². The zero-order valence-electron chi connectivity index (χ0n) is 17.3. The van der Waals surface area contributed by atoms with Gasteiger partial charge in [0.1, 0.15) is 0 Å². The SMILES string of the molecule is Cc1ccc(N(C(=O)N(C)c2ncc(SCC(C)C(=O)O)s2)C2CCCC2)c(Cl)c1. The number of aromatic nitrogens is 1. The quantitative estimate of drug-likeness (QED) is 0.511. The Morgan fingerprint density at radius 2 is 2.07 bits per heavy atom. The molecular formula is C21H26ClN3O3S2. The Labute approximate surface area is 190 Å². The highest BCUT2D eigenvalue weighted by Gasteiger charge is 2.32. The maximum atomic E-state index is 13.5. The highest BCUT2D eigenvalue weighted by Crippen LogP contribution is 2.36. The van der Waals surface area contributed by atoms with E-state index in [4.69, 9.17) is 16.7 Å². The smallest absolute Gasteiger partial charge is 0.330 e. The van der Waals surface area contributed by atoms with Gasteiger partial charge in [0.05, 0.1) is 27.0 Å². The molecule has 2 amide bonds. The van der Waals surface area contributed by atoms with Gasteiger partial charge < -0.3 is 5.11 Å². The average Bonchev–Trinajstić information content (AvgIpc) is 3.39. The summed E-state index contributed by atoms with van der Waals surface area (Å²) in [5.74, 6) is -0.801. The van der Waals surface area contributed by atoms with Gasteiger partial charge in [-0.2, -0.15) is 0 Å². The van der Waals surface area contributed by atoms with Crippen LogP contribution in [0.25, 0.3) is 0 Å². The summed E-state index contributed by atoms with van der Waals surface area (Å²) >= 11 is 9.35. The number of carbonyl (C=O) groups is 2. The molecule has 1 saturated carbocycles. The van der Waals surface area contributed by atoms with Gasteiger partial charge in [-0.3, -0.25) is 14.6 Å². The van der Waals surface area contributed by atoms with E-state index in [-0.39, 0.29) is 12.1 Å². The molecule has 1 fully saturated rings. The number of halogens is 1. The van der Waals surface area contributed by atoms with Crippen LogP contribution in [0.1, 0.15) is 38.2 Å². The van der Waals surface area contributed by atoms with Gasteiger partial charge in [0.2, 0.25) is 0 Å². The molecule has 0 aliphatic heterocycles. The molecule has 3 rings (SSSR count). The predicted octanol–water partition coefficient (Wildman–Crippen LogP) is 5.92. The van der Waals surface area contributed by atoms with E-state index in [1.807, 2.05) is 30.0 Å². The van der Waals surface area contributed by atoms with E-state index in [2.05, 4.69) is 4.98 Å². The first-order chi connectivity index (χ1) is 14.3. The van der Waals surface area contributed by atoms with E-state index in [9.17, 15) is 9.59 Å². The Morgan fingerprint density at radius 1 is 1.37 bits per heavy atom. The summed E-state index contributed by atoms with van der Waals surface area (Å²) in [6, 6.07) is 5.73. The number of hydrogen-bond acceptors (Lipinski definition) is 5. The topological polar surface area (TPSA) is 73.7 Å². The van der Waals surface area contributed by atoms with Gasteiger partial charge in [0.25, 0.3) is 0 Å². The highest BCUT2D eigenvalue weighted by atomic mass is 35.5. The molecule has 1 heterocycles. The van der Waals surface area contributed by atoms with Crippen molar-refractivity contribution in [1.82, 2.24) is 4.98 Å². The number of hydrogen-bond donors (Lipinski definition) is 1. The van der Waals surface area contributed by atoms with Crippen LogP contribution in [0.5, 0.6) is 0 Å². The number of carbonyl (C=O) groups excluding carboxylic acids is 1. The lowest BCUT2D eigenvalue weighted by molar-refractivity contribution is -0.140. The summed E-state index contributed by atoms with van der Waals surface area (Å²) in [5, 5.41) is 10.2. The van der Waals surface area contributed by atoms with Crippen LogP contribution in [0.15, 0.2) is 28.6 Å². The van der Waals surface area contributed by atoms with E-state index in [1.165, 1.54) is 23.1 Å². The van der Waals surface area contributed by atoms with Gasteiger partial charge in [-0.25, -0.2) is 9.78 Å². The molecule has 162 valence electrons. The molecule has 2 aromatic rings. The van der Waals surface area contributed by atoms with Gasteiger partial charge in [0, 0.05) is 18.8 Å². The van der Waals surface area contributed by atoms with Crippen molar-refractivity contribution < 1.29 is 14.7 Å². The lowest BCUT2D eigenvalue weighted by atomic mass is 10.1. The fraction of sp³-hybridized carbons (Fsp3) is 0.476. The number of amides is 2. The number of rotatable bonds is 7. The number of thiazole rings is 1. The predicted molar refractivity (Wildman–Crippen MR) is 124 cm³/mol. The third-order valence-electron chi connectivity index (χ3n) is 5.20. The van der Waals surface area contributed by atoms with E-state index in [1.54, 1.807) is 25.1 Å². The minimum atomic E-state index is -0.818. The van der Waals surface area contributed by atoms with Crippen molar-refractivity contribution in [2.75, 3.05) is 22.6 Å². The second-order valence-electron chi connectivity index (χ2n) is 7.62. The minimum Gasteiger partial charge on any atom is -0.481 e. The number of thioether (sulfide) groups is 1. The Kier molecular flexibility index (Phi) is 7.65. The largest absolute Gasteiger partial charge is 0.481 e. The van der Waals surface area contributed by atoms with Crippen LogP contribution in [0.3, 0.4) is 0 Å². The van der Waals surface area contributed by atoms with Gasteiger partial charge in [0.15, 0.2) is 5.13 Å². The van der Waals surface area contributed by atoms with Crippen LogP contribution < -0.4 is 9.80 Å². The lowest BCUT2D eigenvalue weighted by Gasteiger charge is -2.32. The zero-order chi connectivity index (χ0) is 21.8. The molecule has 0 spiro atoms. The van der Waals surface area contributed by atoms with E-state index in [0.717, 1.165) is 41.1 Å². The zero-order valence-corrected chi connectivity index (χ0v) is 19.7. The second-order valence-corrected chi connectivity index (χ2v) is 10.4. The number of anilines is 2. The first kappa shape index (κ1) is 22.9. The molecule has 0 bridgehead atoms. The number of aliphatic carboxylic acids is 1. The van der Waals surface area contributed by atoms with Gasteiger partial charge in [-0.05, 0) is 37.5 Å². The number of urea groups is 1. The molecule has 1 N–H and O–H groups in total. The third-order valence-corrected chi connectivity index (χ3v) is 8.03. The summed E-state index contributed by atoms with van der Waals surface area (Å²) in [7, 11) is 1.72. The molecule has 1 atom stereocenters. The number of aryl methyl sites for hydroxylation is 1. The van der Waals surface area contributed by atoms with Crippen LogP contribution >= 0.6 is 34.7 Å². The molecular weight excluding hydrogens is 442 g/mol. The van der Waals surface area contributed by atoms with Gasteiger partial charge >= 0.3 is 12.0 Å². The molecule has 1 aliphatic carbocycles. The molecule has 1 aromatic heterocycles. The molecule has 1 aliphatic rings. The molecule has 0 saturated heterocycles. The number of carboxylic acid groups (broad SMARTS) is 1. The number of carboxylic acids is 1. The van der Waals surface area contributed by atoms with Gasteiger partial charge in [-0.1, -0.05) is 48.8 Å². The van der Waals surface area contributed by atoms with Crippen molar-refractivity contribution in [1.29, 1.82) is 0 Å². The molecule has 1 aromatic carbocycles. The molecule has 9 heteroatoms. The van der Waals surface area contributed by atoms with Crippen molar-refractivity contribution in [2.45, 2.75) is 49.8 Å². The van der Waals surface area contributed by atoms with Crippen LogP contribution in [0.2, 0.25) is 5.02 Å². The fourth-order valence-electron chi connectivity index (χ4n) is 3.42. The third kappa shape index (κ3) is 5.28. The van der Waals surface area contributed by atoms with Crippen LogP contribution in [0.4, 0.5) is 15.6 Å². The van der Waals surface area contributed by atoms with E-state index < -0.39 is 11.9 Å². The van der Waals surface area contributed by atoms with Crippen LogP contribution in [-0.4, -0.2) is 40.9 Å². The number of nitrogens with zero attached hydrogens (tertiary/aromatic N) is 3. The lowest BCUT2D eigenvalue weighted by Crippen LogP contribution is -2.46. The molecule has 1 unspecified atom stereocenters. The first-order valence-electron chi connectivity index (χ1n) is 9.92. The maximum absolute atomic E-state index is 13.5. The summed E-state index contributed by atoms with van der Waals surface area (Å²) in [5.41, 5.74) is 1.78. The Bertz CT molecular complexity index is 915. The van der Waals surface area contributed by atoms with Crippen LogP contribution in [-0.2, 0) is 4.79 Å². The van der Waals surface area contributed by atoms with Crippen molar-refractivity contribution in [3.63, 3.8) is 0 Å². The second kappa shape index (κ2) is 10.0. The van der Waals surface area contributed by atoms with Crippen molar-refractivity contribution in [3.05, 3.63) is 35.0 Å². The Morgan fingerprint density at radius 3 is 2.70 bits per heavy atom. The van der Waals surface area contributed by atoms with E-state index >= 15 is 0 Å². The Balaban J connectivity index is 1.80. The Hall–Kier alpha value is -1.77. The van der Waals surface area contributed by atoms with E-state index in [0.29, 0.717) is 15.9 Å². The van der Waals surface area contributed by atoms with Crippen molar-refractivity contribution >= 4 is 57.5 Å². The van der Waals surface area contributed by atoms with Crippen LogP contribution in [0, 0.1) is 12.8 Å². The minimum absolute atomic E-state index is 0.116. The van der Waals surface area contributed by atoms with Crippen molar-refractivity contribution in [2.24, 2.45) is 5.92 Å². The summed E-state index contributed by atoms with van der Waals surface area (Å²) < 4.78 is 0.888. The number of benzene rings is 1. The normalized spacial score (nSPS) is 15.2. The first-order valence-corrected chi connectivity index (χ1v) is 12.1. The summed E-state index contributed by atoms with van der Waals surface area (Å²) in [4.78, 5) is 32.3.